The minimum Gasteiger partial charge on any atom is -0.488 e. The van der Waals surface area contributed by atoms with Crippen LogP contribution in [0.25, 0.3) is 0 Å². The molecule has 1 atom stereocenters. The van der Waals surface area contributed by atoms with Crippen LogP contribution in [0, 0.1) is 24.1 Å². The molecule has 3 rings (SSSR count). The minimum absolute atomic E-state index is 0. The number of nitrogens with zero attached hydrogens (tertiary/aromatic N) is 2. The molecule has 1 saturated heterocycles. The van der Waals surface area contributed by atoms with Crippen LogP contribution in [-0.4, -0.2) is 31.8 Å². The molecule has 6 nitrogen and oxygen atoms in total. The zero-order valence-electron chi connectivity index (χ0n) is 17.8. The molecule has 1 heterocycles. The van der Waals surface area contributed by atoms with Crippen molar-refractivity contribution in [2.45, 2.75) is 39.5 Å². The highest BCUT2D eigenvalue weighted by atomic mass is 127. The van der Waals surface area contributed by atoms with E-state index in [1.807, 2.05) is 38.1 Å². The summed E-state index contributed by atoms with van der Waals surface area (Å²) in [5.74, 6) is 0.991. The van der Waals surface area contributed by atoms with Crippen molar-refractivity contribution in [2.75, 3.05) is 19.8 Å². The number of nitriles is 1. The number of hydrogen-bond donors (Lipinski definition) is 2. The Hall–Kier alpha value is -2.38. The number of aliphatic imine (C=N–C) groups is 1. The molecule has 31 heavy (non-hydrogen) atoms. The number of ether oxygens (including phenoxy) is 2. The van der Waals surface area contributed by atoms with Gasteiger partial charge in [0.1, 0.15) is 17.7 Å². The first kappa shape index (κ1) is 24.9. The summed E-state index contributed by atoms with van der Waals surface area (Å²) in [6, 6.07) is 12.5. The van der Waals surface area contributed by atoms with Crippen LogP contribution in [0.1, 0.15) is 35.6 Å². The summed E-state index contributed by atoms with van der Waals surface area (Å²) in [7, 11) is 0. The van der Waals surface area contributed by atoms with Crippen LogP contribution in [0.15, 0.2) is 41.4 Å². The number of nitrogens with one attached hydrogen (secondary N) is 2. The van der Waals surface area contributed by atoms with Gasteiger partial charge >= 0.3 is 0 Å². The molecule has 0 radical (unpaired) electrons. The van der Waals surface area contributed by atoms with E-state index in [1.54, 1.807) is 12.1 Å². The number of hydrogen-bond acceptors (Lipinski definition) is 4. The van der Waals surface area contributed by atoms with E-state index < -0.39 is 5.82 Å². The third kappa shape index (κ3) is 7.36. The fourth-order valence-corrected chi connectivity index (χ4v) is 3.13. The summed E-state index contributed by atoms with van der Waals surface area (Å²) in [6.07, 6.45) is 0.956. The van der Waals surface area contributed by atoms with E-state index in [1.165, 1.54) is 6.07 Å². The highest BCUT2D eigenvalue weighted by molar-refractivity contribution is 14.0. The molecule has 8 heteroatoms. The molecule has 0 aliphatic carbocycles. The molecule has 0 aromatic heterocycles. The topological polar surface area (TPSA) is 78.7 Å². The van der Waals surface area contributed by atoms with E-state index in [0.717, 1.165) is 29.9 Å². The quantitative estimate of drug-likeness (QED) is 0.316. The Labute approximate surface area is 199 Å². The van der Waals surface area contributed by atoms with Gasteiger partial charge in [-0.1, -0.05) is 18.2 Å². The molecule has 1 aliphatic heterocycles. The predicted octanol–water partition coefficient (Wildman–Crippen LogP) is 4.05. The van der Waals surface area contributed by atoms with Crippen molar-refractivity contribution in [1.29, 1.82) is 5.26 Å². The molecule has 2 aromatic rings. The molecule has 0 amide bonds. The van der Waals surface area contributed by atoms with Crippen molar-refractivity contribution in [3.63, 3.8) is 0 Å². The van der Waals surface area contributed by atoms with Gasteiger partial charge in [0.05, 0.1) is 31.4 Å². The molecule has 0 bridgehead atoms. The summed E-state index contributed by atoms with van der Waals surface area (Å²) in [5, 5.41) is 15.2. The summed E-state index contributed by atoms with van der Waals surface area (Å²) < 4.78 is 25.7. The van der Waals surface area contributed by atoms with Crippen molar-refractivity contribution in [2.24, 2.45) is 4.99 Å². The van der Waals surface area contributed by atoms with Gasteiger partial charge in [-0.2, -0.15) is 5.26 Å². The Morgan fingerprint density at radius 1 is 1.26 bits per heavy atom. The molecule has 1 fully saturated rings. The van der Waals surface area contributed by atoms with Crippen molar-refractivity contribution in [3.05, 3.63) is 64.5 Å². The summed E-state index contributed by atoms with van der Waals surface area (Å²) in [4.78, 5) is 4.64. The van der Waals surface area contributed by atoms with E-state index in [0.29, 0.717) is 36.8 Å². The molecule has 1 unspecified atom stereocenters. The van der Waals surface area contributed by atoms with Crippen LogP contribution in [-0.2, 0) is 17.8 Å². The van der Waals surface area contributed by atoms with Crippen molar-refractivity contribution in [3.8, 4) is 11.8 Å². The fourth-order valence-electron chi connectivity index (χ4n) is 3.13. The molecular formula is C23H28FIN4O2. The van der Waals surface area contributed by atoms with Gasteiger partial charge in [0.15, 0.2) is 5.96 Å². The first-order valence-electron chi connectivity index (χ1n) is 10.1. The lowest BCUT2D eigenvalue weighted by atomic mass is 10.1. The number of guanidine groups is 1. The standard InChI is InChI=1S/C23H27FN4O2.HI/c1-3-26-23(27-13-18-7-5-17(12-25)11-21(18)24)28-14-19-6-4-16(2)10-22(19)30-20-8-9-29-15-20;/h4-7,10-11,20H,3,8-9,13-15H2,1-2H3,(H2,26,27,28);1H. The molecule has 0 saturated carbocycles. The third-order valence-corrected chi connectivity index (χ3v) is 4.78. The second-order valence-corrected chi connectivity index (χ2v) is 7.18. The smallest absolute Gasteiger partial charge is 0.191 e. The van der Waals surface area contributed by atoms with Gasteiger partial charge in [-0.3, -0.25) is 0 Å². The molecule has 2 N–H and O–H groups in total. The lowest BCUT2D eigenvalue weighted by molar-refractivity contribution is 0.140. The summed E-state index contributed by atoms with van der Waals surface area (Å²) >= 11 is 0. The first-order chi connectivity index (χ1) is 14.6. The van der Waals surface area contributed by atoms with Crippen molar-refractivity contribution < 1.29 is 13.9 Å². The van der Waals surface area contributed by atoms with Gasteiger partial charge in [0.2, 0.25) is 0 Å². The lowest BCUT2D eigenvalue weighted by Gasteiger charge is -2.16. The van der Waals surface area contributed by atoms with Crippen LogP contribution in [0.2, 0.25) is 0 Å². The Bertz CT molecular complexity index is 940. The number of aryl methyl sites for hydroxylation is 1. The number of rotatable bonds is 7. The monoisotopic (exact) mass is 538 g/mol. The summed E-state index contributed by atoms with van der Waals surface area (Å²) in [5.41, 5.74) is 2.88. The predicted molar refractivity (Wildman–Crippen MR) is 129 cm³/mol. The first-order valence-corrected chi connectivity index (χ1v) is 10.1. The van der Waals surface area contributed by atoms with Gasteiger partial charge in [-0.25, -0.2) is 9.38 Å². The highest BCUT2D eigenvalue weighted by Gasteiger charge is 2.18. The molecular weight excluding hydrogens is 510 g/mol. The van der Waals surface area contributed by atoms with Gasteiger partial charge in [0, 0.05) is 30.6 Å². The van der Waals surface area contributed by atoms with Gasteiger partial charge < -0.3 is 20.1 Å². The van der Waals surface area contributed by atoms with E-state index in [-0.39, 0.29) is 36.6 Å². The lowest BCUT2D eigenvalue weighted by Crippen LogP contribution is -2.37. The second kappa shape index (κ2) is 12.5. The molecule has 0 spiro atoms. The van der Waals surface area contributed by atoms with Crippen LogP contribution < -0.4 is 15.4 Å². The highest BCUT2D eigenvalue weighted by Crippen LogP contribution is 2.24. The zero-order chi connectivity index (χ0) is 21.3. The van der Waals surface area contributed by atoms with E-state index in [2.05, 4.69) is 15.6 Å². The van der Waals surface area contributed by atoms with E-state index >= 15 is 0 Å². The van der Waals surface area contributed by atoms with E-state index in [9.17, 15) is 4.39 Å². The molecule has 166 valence electrons. The van der Waals surface area contributed by atoms with Gasteiger partial charge in [-0.05, 0) is 37.6 Å². The Morgan fingerprint density at radius 3 is 2.74 bits per heavy atom. The van der Waals surface area contributed by atoms with Crippen LogP contribution in [0.5, 0.6) is 5.75 Å². The average Bonchev–Trinajstić information content (AvgIpc) is 3.25. The molecule has 1 aliphatic rings. The second-order valence-electron chi connectivity index (χ2n) is 7.18. The SMILES string of the molecule is CCNC(=NCc1ccc(C)cc1OC1CCOC1)NCc1ccc(C#N)cc1F.I. The normalized spacial score (nSPS) is 15.7. The van der Waals surface area contributed by atoms with Crippen molar-refractivity contribution in [1.82, 2.24) is 10.6 Å². The maximum absolute atomic E-state index is 14.1. The fraction of sp³-hybridized carbons (Fsp3) is 0.391. The van der Waals surface area contributed by atoms with E-state index in [4.69, 9.17) is 14.7 Å². The number of halogens is 2. The zero-order valence-corrected chi connectivity index (χ0v) is 20.1. The van der Waals surface area contributed by atoms with Crippen LogP contribution in [0.4, 0.5) is 4.39 Å². The third-order valence-electron chi connectivity index (χ3n) is 4.78. The number of benzene rings is 2. The maximum atomic E-state index is 14.1. The van der Waals surface area contributed by atoms with Gasteiger partial charge in [-0.15, -0.1) is 24.0 Å². The molecule has 2 aromatic carbocycles. The Kier molecular flexibility index (Phi) is 10.0. The largest absolute Gasteiger partial charge is 0.488 e. The van der Waals surface area contributed by atoms with Gasteiger partial charge in [0.25, 0.3) is 0 Å². The maximum Gasteiger partial charge on any atom is 0.191 e. The minimum atomic E-state index is -0.412. The summed E-state index contributed by atoms with van der Waals surface area (Å²) in [6.45, 7) is 6.71. The Morgan fingerprint density at radius 2 is 2.06 bits per heavy atom. The van der Waals surface area contributed by atoms with Crippen LogP contribution >= 0.6 is 24.0 Å². The Balaban J connectivity index is 0.00000341. The van der Waals surface area contributed by atoms with Crippen LogP contribution in [0.3, 0.4) is 0 Å². The average molecular weight is 538 g/mol. The van der Waals surface area contributed by atoms with Crippen molar-refractivity contribution >= 4 is 29.9 Å².